The molecule has 1 saturated carbocycles. The summed E-state index contributed by atoms with van der Waals surface area (Å²) in [4.78, 5) is 26.4. The number of aldehydes is 1. The van der Waals surface area contributed by atoms with E-state index in [2.05, 4.69) is 68.8 Å². The number of nitrogens with zero attached hydrogens (tertiary/aromatic N) is 5. The van der Waals surface area contributed by atoms with E-state index in [0.29, 0.717) is 24.5 Å². The van der Waals surface area contributed by atoms with E-state index in [1.54, 1.807) is 0 Å². The highest BCUT2D eigenvalue weighted by molar-refractivity contribution is 5.48. The van der Waals surface area contributed by atoms with Gasteiger partial charge in [0, 0.05) is 68.7 Å². The Morgan fingerprint density at radius 3 is 2.03 bits per heavy atom. The molecule has 3 rings (SSSR count). The van der Waals surface area contributed by atoms with Gasteiger partial charge in [0.05, 0.1) is 0 Å². The minimum Gasteiger partial charge on any atom is -0.332 e. The number of hydrogen-bond acceptors (Lipinski definition) is 6. The number of anilines is 1. The van der Waals surface area contributed by atoms with Crippen LogP contribution in [-0.4, -0.2) is 70.9 Å². The van der Waals surface area contributed by atoms with Crippen LogP contribution < -0.4 is 4.90 Å². The van der Waals surface area contributed by atoms with Crippen molar-refractivity contribution in [1.82, 2.24) is 19.8 Å². The van der Waals surface area contributed by atoms with Crippen molar-refractivity contribution in [3.05, 3.63) is 18.0 Å². The van der Waals surface area contributed by atoms with Crippen LogP contribution in [0.2, 0.25) is 0 Å². The Labute approximate surface area is 209 Å². The summed E-state index contributed by atoms with van der Waals surface area (Å²) in [6, 6.07) is 1.59. The Morgan fingerprint density at radius 1 is 1.03 bits per heavy atom. The molecule has 34 heavy (non-hydrogen) atoms. The summed E-state index contributed by atoms with van der Waals surface area (Å²) in [5.41, 5.74) is 1.23. The van der Waals surface area contributed by atoms with E-state index >= 15 is 0 Å². The fourth-order valence-corrected chi connectivity index (χ4v) is 5.54. The van der Waals surface area contributed by atoms with Gasteiger partial charge in [0.15, 0.2) is 0 Å². The minimum absolute atomic E-state index is 0.495. The number of rotatable bonds is 11. The van der Waals surface area contributed by atoms with Gasteiger partial charge in [0.2, 0.25) is 5.95 Å². The number of piperazine rings is 1. The predicted octanol–water partition coefficient (Wildman–Crippen LogP) is 5.42. The third-order valence-corrected chi connectivity index (χ3v) is 7.49. The van der Waals surface area contributed by atoms with E-state index < -0.39 is 0 Å². The van der Waals surface area contributed by atoms with Crippen molar-refractivity contribution >= 4 is 12.2 Å². The standard InChI is InChI=1S/C25H45N5.C3H6O/c1-7-10-20-11-21(12-20)15-28(6)16-22-13-26-25(27-14-22)30-23(8-2)17-29(19(4)5)18-24(30)9-3;1-2-3-4/h13-14,19-21,23-24H,7-12,15-18H2,1-6H3;3H,2H2,1H3. The van der Waals surface area contributed by atoms with Gasteiger partial charge in [-0.3, -0.25) is 4.90 Å². The van der Waals surface area contributed by atoms with Gasteiger partial charge >= 0.3 is 0 Å². The highest BCUT2D eigenvalue weighted by atomic mass is 16.1. The highest BCUT2D eigenvalue weighted by Gasteiger charge is 2.35. The second kappa shape index (κ2) is 14.8. The van der Waals surface area contributed by atoms with Crippen molar-refractivity contribution in [2.45, 2.75) is 111 Å². The fourth-order valence-electron chi connectivity index (χ4n) is 5.54. The summed E-state index contributed by atoms with van der Waals surface area (Å²) in [5.74, 6) is 2.80. The van der Waals surface area contributed by atoms with Gasteiger partial charge in [0.25, 0.3) is 0 Å². The lowest BCUT2D eigenvalue weighted by molar-refractivity contribution is -0.107. The average molecular weight is 474 g/mol. The smallest absolute Gasteiger partial charge is 0.225 e. The summed E-state index contributed by atoms with van der Waals surface area (Å²) in [5, 5.41) is 0. The first-order chi connectivity index (χ1) is 16.4. The van der Waals surface area contributed by atoms with Gasteiger partial charge < -0.3 is 14.6 Å². The van der Waals surface area contributed by atoms with Crippen LogP contribution in [0.5, 0.6) is 0 Å². The molecule has 6 nitrogen and oxygen atoms in total. The van der Waals surface area contributed by atoms with Gasteiger partial charge in [-0.15, -0.1) is 0 Å². The molecule has 1 saturated heterocycles. The molecule has 2 atom stereocenters. The molecule has 6 heteroatoms. The SMILES string of the molecule is CCC=O.CCCC1CC(CN(C)Cc2cnc(N3C(CC)CN(C(C)C)CC3CC)nc2)C1. The molecule has 1 aromatic heterocycles. The summed E-state index contributed by atoms with van der Waals surface area (Å²) < 4.78 is 0. The normalized spacial score (nSPS) is 25.1. The van der Waals surface area contributed by atoms with Gasteiger partial charge in [-0.2, -0.15) is 0 Å². The molecule has 2 heterocycles. The van der Waals surface area contributed by atoms with Crippen LogP contribution in [0.25, 0.3) is 0 Å². The first-order valence-electron chi connectivity index (χ1n) is 13.8. The van der Waals surface area contributed by atoms with Crippen molar-refractivity contribution in [3.63, 3.8) is 0 Å². The molecule has 1 aromatic rings. The Bertz CT molecular complexity index is 675. The maximum Gasteiger partial charge on any atom is 0.225 e. The van der Waals surface area contributed by atoms with Crippen LogP contribution in [0.3, 0.4) is 0 Å². The molecule has 0 aromatic carbocycles. The summed E-state index contributed by atoms with van der Waals surface area (Å²) in [6.07, 6.45) is 13.5. The maximum atomic E-state index is 9.17. The quantitative estimate of drug-likeness (QED) is 0.400. The summed E-state index contributed by atoms with van der Waals surface area (Å²) in [7, 11) is 2.24. The zero-order valence-electron chi connectivity index (χ0n) is 23.0. The summed E-state index contributed by atoms with van der Waals surface area (Å²) in [6.45, 7) is 17.7. The van der Waals surface area contributed by atoms with Crippen LogP contribution in [0.1, 0.15) is 92.1 Å². The van der Waals surface area contributed by atoms with Gasteiger partial charge in [0.1, 0.15) is 6.29 Å². The van der Waals surface area contributed by atoms with Gasteiger partial charge in [-0.1, -0.05) is 40.5 Å². The Morgan fingerprint density at radius 2 is 1.59 bits per heavy atom. The monoisotopic (exact) mass is 473 g/mol. The van der Waals surface area contributed by atoms with E-state index in [1.165, 1.54) is 37.8 Å². The van der Waals surface area contributed by atoms with Crippen LogP contribution in [0.15, 0.2) is 12.4 Å². The lowest BCUT2D eigenvalue weighted by atomic mass is 9.72. The Kier molecular flexibility index (Phi) is 12.5. The lowest BCUT2D eigenvalue weighted by Crippen LogP contribution is -2.60. The molecule has 1 aliphatic carbocycles. The molecule has 0 radical (unpaired) electrons. The van der Waals surface area contributed by atoms with E-state index in [9.17, 15) is 4.79 Å². The average Bonchev–Trinajstić information content (AvgIpc) is 2.82. The van der Waals surface area contributed by atoms with Crippen molar-refractivity contribution in [2.75, 3.05) is 31.6 Å². The van der Waals surface area contributed by atoms with Gasteiger partial charge in [-0.25, -0.2) is 9.97 Å². The summed E-state index contributed by atoms with van der Waals surface area (Å²) >= 11 is 0. The molecule has 0 bridgehead atoms. The Hall–Kier alpha value is -1.53. The number of aromatic nitrogens is 2. The molecule has 0 spiro atoms. The van der Waals surface area contributed by atoms with Crippen molar-refractivity contribution in [3.8, 4) is 0 Å². The van der Waals surface area contributed by atoms with E-state index in [4.69, 9.17) is 9.97 Å². The second-order valence-corrected chi connectivity index (χ2v) is 10.7. The number of hydrogen-bond donors (Lipinski definition) is 0. The zero-order valence-corrected chi connectivity index (χ0v) is 23.0. The van der Waals surface area contributed by atoms with E-state index in [-0.39, 0.29) is 0 Å². The van der Waals surface area contributed by atoms with Crippen molar-refractivity contribution in [2.24, 2.45) is 11.8 Å². The zero-order chi connectivity index (χ0) is 25.1. The van der Waals surface area contributed by atoms with Crippen LogP contribution in [0.4, 0.5) is 5.95 Å². The highest BCUT2D eigenvalue weighted by Crippen LogP contribution is 2.37. The first-order valence-corrected chi connectivity index (χ1v) is 13.8. The maximum absolute atomic E-state index is 9.17. The molecule has 2 aliphatic rings. The van der Waals surface area contributed by atoms with Crippen molar-refractivity contribution in [1.29, 1.82) is 0 Å². The molecule has 1 aliphatic heterocycles. The fraction of sp³-hybridized carbons (Fsp3) is 0.821. The predicted molar refractivity (Wildman–Crippen MR) is 143 cm³/mol. The second-order valence-electron chi connectivity index (χ2n) is 10.7. The van der Waals surface area contributed by atoms with Crippen molar-refractivity contribution < 1.29 is 4.79 Å². The third-order valence-electron chi connectivity index (χ3n) is 7.49. The molecular weight excluding hydrogens is 422 g/mol. The first kappa shape index (κ1) is 28.7. The Balaban J connectivity index is 0.000000945. The van der Waals surface area contributed by atoms with Crippen LogP contribution in [0, 0.1) is 11.8 Å². The van der Waals surface area contributed by atoms with Gasteiger partial charge in [-0.05, 0) is 58.4 Å². The largest absolute Gasteiger partial charge is 0.332 e. The van der Waals surface area contributed by atoms with Crippen LogP contribution in [-0.2, 0) is 11.3 Å². The molecule has 2 fully saturated rings. The lowest BCUT2D eigenvalue weighted by Gasteiger charge is -2.48. The molecular formula is C28H51N5O. The topological polar surface area (TPSA) is 52.6 Å². The molecule has 194 valence electrons. The van der Waals surface area contributed by atoms with E-state index in [0.717, 1.165) is 56.5 Å². The van der Waals surface area contributed by atoms with Crippen LogP contribution >= 0.6 is 0 Å². The number of carbonyl (C=O) groups excluding carboxylic acids is 1. The molecule has 2 unspecified atom stereocenters. The third kappa shape index (κ3) is 8.30. The molecule has 0 N–H and O–H groups in total. The minimum atomic E-state index is 0.495. The van der Waals surface area contributed by atoms with E-state index in [1.807, 2.05) is 6.92 Å². The molecule has 0 amide bonds. The number of carbonyl (C=O) groups is 1.